The molecule has 0 heterocycles. The Balaban J connectivity index is 5.53. The van der Waals surface area contributed by atoms with Crippen LogP contribution in [0.1, 0.15) is 46.0 Å². The Hall–Kier alpha value is -1.99. The lowest BCUT2D eigenvalue weighted by atomic mass is 9.97. The van der Waals surface area contributed by atoms with Crippen LogP contribution in [0.25, 0.3) is 0 Å². The quantitative estimate of drug-likeness (QED) is 0.146. The first-order valence-electron chi connectivity index (χ1n) is 11.1. The summed E-state index contributed by atoms with van der Waals surface area (Å²) in [6, 6.07) is -4.26. The molecule has 0 rings (SSSR count). The van der Waals surface area contributed by atoms with E-state index in [1.54, 1.807) is 6.92 Å². The van der Waals surface area contributed by atoms with Crippen LogP contribution in [0.2, 0.25) is 0 Å². The molecule has 0 aromatic rings. The summed E-state index contributed by atoms with van der Waals surface area (Å²) in [5.74, 6) is -3.49. The molecule has 11 nitrogen and oxygen atoms in total. The number of hydrogen-bond donors (Lipinski definition) is 6. The molecule has 0 saturated carbocycles. The van der Waals surface area contributed by atoms with E-state index < -0.39 is 53.8 Å². The first kappa shape index (κ1) is 32.0. The zero-order chi connectivity index (χ0) is 26.3. The molecule has 3 amide bonds. The molecule has 13 heteroatoms. The molecule has 34 heavy (non-hydrogen) atoms. The molecule has 5 atom stereocenters. The van der Waals surface area contributed by atoms with E-state index in [1.165, 1.54) is 23.5 Å². The maximum Gasteiger partial charge on any atom is 0.326 e. The van der Waals surface area contributed by atoms with Gasteiger partial charge in [0.25, 0.3) is 0 Å². The Morgan fingerprint density at radius 1 is 0.824 bits per heavy atom. The minimum atomic E-state index is -1.21. The minimum absolute atomic E-state index is 0.192. The number of rotatable bonds is 18. The molecule has 0 bridgehead atoms. The fourth-order valence-corrected chi connectivity index (χ4v) is 3.86. The van der Waals surface area contributed by atoms with Crippen LogP contribution in [0, 0.1) is 5.92 Å². The first-order chi connectivity index (χ1) is 16.0. The van der Waals surface area contributed by atoms with E-state index in [0.717, 1.165) is 0 Å². The van der Waals surface area contributed by atoms with Crippen molar-refractivity contribution >= 4 is 53.2 Å². The van der Waals surface area contributed by atoms with Crippen molar-refractivity contribution in [3.63, 3.8) is 0 Å². The Morgan fingerprint density at radius 2 is 1.38 bits per heavy atom. The van der Waals surface area contributed by atoms with E-state index in [2.05, 4.69) is 16.0 Å². The highest BCUT2D eigenvalue weighted by Crippen LogP contribution is 2.11. The highest BCUT2D eigenvalue weighted by atomic mass is 32.2. The highest BCUT2D eigenvalue weighted by molar-refractivity contribution is 7.98. The monoisotopic (exact) mass is 522 g/mol. The smallest absolute Gasteiger partial charge is 0.326 e. The molecule has 0 aliphatic rings. The fourth-order valence-electron chi connectivity index (χ4n) is 2.90. The second kappa shape index (κ2) is 17.4. The second-order valence-corrected chi connectivity index (χ2v) is 9.91. The summed E-state index contributed by atoms with van der Waals surface area (Å²) < 4.78 is 0. The van der Waals surface area contributed by atoms with Crippen LogP contribution in [-0.4, -0.2) is 88.1 Å². The van der Waals surface area contributed by atoms with E-state index in [0.29, 0.717) is 24.3 Å². The lowest BCUT2D eigenvalue weighted by Gasteiger charge is -2.28. The first-order valence-corrected chi connectivity index (χ1v) is 13.9. The van der Waals surface area contributed by atoms with Crippen LogP contribution in [0.3, 0.4) is 0 Å². The maximum absolute atomic E-state index is 13.0. The van der Waals surface area contributed by atoms with E-state index >= 15 is 0 Å². The van der Waals surface area contributed by atoms with Crippen LogP contribution in [0.15, 0.2) is 0 Å². The van der Waals surface area contributed by atoms with E-state index in [9.17, 15) is 29.1 Å². The van der Waals surface area contributed by atoms with Gasteiger partial charge in [0.1, 0.15) is 18.1 Å². The van der Waals surface area contributed by atoms with Crippen LogP contribution in [0.4, 0.5) is 0 Å². The SMILES string of the molecule is CCC(C)C(NC(=O)C(CCC(=O)O)NC(=O)C(N)CCSC)C(=O)NC(CCSC)C(=O)O. The molecular formula is C21H38N4O7S2. The number of carbonyl (C=O) groups is 5. The van der Waals surface area contributed by atoms with Gasteiger partial charge in [-0.3, -0.25) is 19.2 Å². The van der Waals surface area contributed by atoms with Crippen molar-refractivity contribution in [1.29, 1.82) is 0 Å². The third kappa shape index (κ3) is 12.5. The summed E-state index contributed by atoms with van der Waals surface area (Å²) in [4.78, 5) is 60.9. The van der Waals surface area contributed by atoms with E-state index in [1.807, 2.05) is 19.4 Å². The zero-order valence-electron chi connectivity index (χ0n) is 20.2. The molecule has 7 N–H and O–H groups in total. The zero-order valence-corrected chi connectivity index (χ0v) is 21.8. The second-order valence-electron chi connectivity index (χ2n) is 7.93. The van der Waals surface area contributed by atoms with Crippen molar-refractivity contribution in [1.82, 2.24) is 16.0 Å². The normalized spacial score (nSPS) is 15.3. The molecule has 0 aliphatic heterocycles. The Morgan fingerprint density at radius 3 is 1.88 bits per heavy atom. The van der Waals surface area contributed by atoms with Crippen molar-refractivity contribution in [3.8, 4) is 0 Å². The predicted molar refractivity (Wildman–Crippen MR) is 134 cm³/mol. The van der Waals surface area contributed by atoms with Crippen molar-refractivity contribution < 1.29 is 34.2 Å². The van der Waals surface area contributed by atoms with Crippen molar-refractivity contribution in [2.24, 2.45) is 11.7 Å². The van der Waals surface area contributed by atoms with Gasteiger partial charge in [-0.1, -0.05) is 20.3 Å². The average Bonchev–Trinajstić information content (AvgIpc) is 2.79. The van der Waals surface area contributed by atoms with Gasteiger partial charge in [0.2, 0.25) is 17.7 Å². The van der Waals surface area contributed by atoms with Crippen LogP contribution in [-0.2, 0) is 24.0 Å². The number of carboxylic acids is 2. The molecule has 0 aromatic heterocycles. The Kier molecular flexibility index (Phi) is 16.4. The number of nitrogens with two attached hydrogens (primary N) is 1. The van der Waals surface area contributed by atoms with Gasteiger partial charge < -0.3 is 31.9 Å². The van der Waals surface area contributed by atoms with Crippen molar-refractivity contribution in [3.05, 3.63) is 0 Å². The molecule has 196 valence electrons. The topological polar surface area (TPSA) is 188 Å². The summed E-state index contributed by atoms with van der Waals surface area (Å²) >= 11 is 2.96. The molecule has 5 unspecified atom stereocenters. The van der Waals surface area contributed by atoms with E-state index in [4.69, 9.17) is 10.8 Å². The van der Waals surface area contributed by atoms with Gasteiger partial charge in [-0.25, -0.2) is 4.79 Å². The third-order valence-corrected chi connectivity index (χ3v) is 6.56. The van der Waals surface area contributed by atoms with Crippen LogP contribution < -0.4 is 21.7 Å². The number of amides is 3. The van der Waals surface area contributed by atoms with Crippen LogP contribution >= 0.6 is 23.5 Å². The van der Waals surface area contributed by atoms with Crippen molar-refractivity contribution in [2.45, 2.75) is 70.1 Å². The predicted octanol–water partition coefficient (Wildman–Crippen LogP) is 0.270. The third-order valence-electron chi connectivity index (χ3n) is 5.27. The van der Waals surface area contributed by atoms with Crippen LogP contribution in [0.5, 0.6) is 0 Å². The minimum Gasteiger partial charge on any atom is -0.481 e. The summed E-state index contributed by atoms with van der Waals surface area (Å²) in [5.41, 5.74) is 5.86. The Bertz CT molecular complexity index is 696. The van der Waals surface area contributed by atoms with Gasteiger partial charge in [0.15, 0.2) is 0 Å². The number of thioether (sulfide) groups is 2. The number of aliphatic carboxylic acids is 2. The fraction of sp³-hybridized carbons (Fsp3) is 0.762. The Labute approximate surface area is 209 Å². The molecule has 0 saturated heterocycles. The summed E-state index contributed by atoms with van der Waals surface area (Å²) in [6.45, 7) is 3.54. The lowest BCUT2D eigenvalue weighted by molar-refractivity contribution is -0.142. The largest absolute Gasteiger partial charge is 0.481 e. The number of carboxylic acid groups (broad SMARTS) is 2. The number of nitrogens with one attached hydrogen (secondary N) is 3. The summed E-state index contributed by atoms with van der Waals surface area (Å²) in [7, 11) is 0. The summed E-state index contributed by atoms with van der Waals surface area (Å²) in [5, 5.41) is 26.0. The van der Waals surface area contributed by atoms with Gasteiger partial charge in [-0.05, 0) is 49.2 Å². The molecule has 0 aliphatic carbocycles. The maximum atomic E-state index is 13.0. The molecule has 0 spiro atoms. The van der Waals surface area contributed by atoms with Gasteiger partial charge in [-0.15, -0.1) is 0 Å². The van der Waals surface area contributed by atoms with Gasteiger partial charge in [0, 0.05) is 6.42 Å². The standard InChI is InChI=1S/C21H38N4O7S2/c1-5-12(2)17(20(30)24-15(21(31)32)9-11-34-4)25-19(29)14(6-7-16(26)27)23-18(28)13(22)8-10-33-3/h12-15,17H,5-11,22H2,1-4H3,(H,23,28)(H,24,30)(H,25,29)(H,26,27)(H,31,32). The van der Waals surface area contributed by atoms with Gasteiger partial charge in [0.05, 0.1) is 6.04 Å². The molecule has 0 radical (unpaired) electrons. The van der Waals surface area contributed by atoms with E-state index in [-0.39, 0.29) is 25.2 Å². The number of carbonyl (C=O) groups excluding carboxylic acids is 3. The number of hydrogen-bond acceptors (Lipinski definition) is 8. The summed E-state index contributed by atoms with van der Waals surface area (Å²) in [6.07, 6.45) is 4.22. The van der Waals surface area contributed by atoms with Gasteiger partial charge in [-0.2, -0.15) is 23.5 Å². The lowest BCUT2D eigenvalue weighted by Crippen LogP contribution is -2.58. The van der Waals surface area contributed by atoms with Gasteiger partial charge >= 0.3 is 11.9 Å². The molecular weight excluding hydrogens is 484 g/mol. The highest BCUT2D eigenvalue weighted by Gasteiger charge is 2.32. The average molecular weight is 523 g/mol. The molecule has 0 fully saturated rings. The molecule has 0 aromatic carbocycles. The van der Waals surface area contributed by atoms with Crippen molar-refractivity contribution in [2.75, 3.05) is 24.0 Å².